The molecule has 0 atom stereocenters. The molecule has 4 rings (SSSR count). The highest BCUT2D eigenvalue weighted by Crippen LogP contribution is 2.37. The lowest BCUT2D eigenvalue weighted by atomic mass is 9.97. The van der Waals surface area contributed by atoms with Crippen molar-refractivity contribution in [2.45, 2.75) is 33.6 Å². The highest BCUT2D eigenvalue weighted by molar-refractivity contribution is 6.15. The first kappa shape index (κ1) is 22.5. The average Bonchev–Trinajstić information content (AvgIpc) is 2.84. The van der Waals surface area contributed by atoms with Crippen LogP contribution in [0.5, 0.6) is 0 Å². The van der Waals surface area contributed by atoms with E-state index < -0.39 is 0 Å². The Morgan fingerprint density at radius 2 is 1.33 bits per heavy atom. The Bertz CT molecular complexity index is 1270. The van der Waals surface area contributed by atoms with Gasteiger partial charge in [-0.2, -0.15) is 0 Å². The molecule has 0 aliphatic carbocycles. The van der Waals surface area contributed by atoms with Crippen molar-refractivity contribution in [1.29, 1.82) is 0 Å². The molecule has 0 amide bonds. The van der Waals surface area contributed by atoms with Gasteiger partial charge in [-0.3, -0.25) is 9.89 Å². The van der Waals surface area contributed by atoms with Gasteiger partial charge >= 0.3 is 0 Å². The van der Waals surface area contributed by atoms with Crippen molar-refractivity contribution in [3.8, 4) is 11.1 Å². The van der Waals surface area contributed by atoms with E-state index in [9.17, 15) is 0 Å². The maximum Gasteiger partial charge on any atom is 0.140 e. The largest absolute Gasteiger partial charge is 0.294 e. The fourth-order valence-corrected chi connectivity index (χ4v) is 4.42. The maximum absolute atomic E-state index is 4.84. The molecule has 0 bridgehead atoms. The van der Waals surface area contributed by atoms with E-state index in [0.29, 0.717) is 5.92 Å². The van der Waals surface area contributed by atoms with Crippen LogP contribution >= 0.6 is 0 Å². The summed E-state index contributed by atoms with van der Waals surface area (Å²) in [6.45, 7) is 8.84. The van der Waals surface area contributed by atoms with Crippen LogP contribution < -0.4 is 4.90 Å². The summed E-state index contributed by atoms with van der Waals surface area (Å²) in [5, 5.41) is 0. The smallest absolute Gasteiger partial charge is 0.140 e. The van der Waals surface area contributed by atoms with Crippen molar-refractivity contribution < 1.29 is 0 Å². The predicted octanol–water partition coefficient (Wildman–Crippen LogP) is 8.31. The summed E-state index contributed by atoms with van der Waals surface area (Å²) in [5.74, 6) is 1.35. The molecule has 0 spiro atoms. The molecule has 0 saturated heterocycles. The van der Waals surface area contributed by atoms with E-state index in [-0.39, 0.29) is 0 Å². The Hall–Kier alpha value is -3.65. The third-order valence-corrected chi connectivity index (χ3v) is 6.15. The molecule has 2 nitrogen and oxygen atoms in total. The van der Waals surface area contributed by atoms with Crippen LogP contribution in [0.15, 0.2) is 102 Å². The summed E-state index contributed by atoms with van der Waals surface area (Å²) in [5.41, 5.74) is 9.64. The van der Waals surface area contributed by atoms with Crippen LogP contribution in [0.2, 0.25) is 0 Å². The molecule has 33 heavy (non-hydrogen) atoms. The quantitative estimate of drug-likeness (QED) is 0.229. The van der Waals surface area contributed by atoms with Crippen molar-refractivity contribution in [3.05, 3.63) is 119 Å². The van der Waals surface area contributed by atoms with E-state index >= 15 is 0 Å². The number of benzene rings is 4. The normalized spacial score (nSPS) is 11.6. The van der Waals surface area contributed by atoms with Crippen LogP contribution in [0.3, 0.4) is 0 Å². The molecule has 0 unspecified atom stereocenters. The molecule has 0 N–H and O–H groups in total. The minimum atomic E-state index is 0.391. The number of aryl methyl sites for hydroxylation is 2. The van der Waals surface area contributed by atoms with Crippen molar-refractivity contribution in [2.24, 2.45) is 4.99 Å². The van der Waals surface area contributed by atoms with E-state index in [1.807, 2.05) is 7.05 Å². The van der Waals surface area contributed by atoms with Crippen LogP contribution in [-0.2, 0) is 0 Å². The SMILES string of the molecule is CN=C(c1ccccc1C)N(c1ccc(-c2ccccc2)cc1C)c1ccccc1C(C)C. The van der Waals surface area contributed by atoms with Gasteiger partial charge in [-0.25, -0.2) is 0 Å². The number of aliphatic imine (C=N–C) groups is 1. The summed E-state index contributed by atoms with van der Waals surface area (Å²) in [4.78, 5) is 7.17. The van der Waals surface area contributed by atoms with Crippen molar-refractivity contribution >= 4 is 17.2 Å². The number of nitrogens with zero attached hydrogens (tertiary/aromatic N) is 2. The van der Waals surface area contributed by atoms with E-state index in [1.54, 1.807) is 0 Å². The molecule has 0 aliphatic heterocycles. The maximum atomic E-state index is 4.84. The second-order valence-corrected chi connectivity index (χ2v) is 8.78. The van der Waals surface area contributed by atoms with Gasteiger partial charge in [0.25, 0.3) is 0 Å². The molecule has 0 fully saturated rings. The lowest BCUT2D eigenvalue weighted by molar-refractivity contribution is 0.865. The van der Waals surface area contributed by atoms with Crippen molar-refractivity contribution in [2.75, 3.05) is 11.9 Å². The Morgan fingerprint density at radius 1 is 0.667 bits per heavy atom. The second kappa shape index (κ2) is 9.87. The first-order valence-electron chi connectivity index (χ1n) is 11.6. The molecule has 0 radical (unpaired) electrons. The van der Waals surface area contributed by atoms with Crippen LogP contribution in [-0.4, -0.2) is 12.9 Å². The van der Waals surface area contributed by atoms with Gasteiger partial charge in [0.1, 0.15) is 5.84 Å². The molecule has 0 aromatic heterocycles. The highest BCUT2D eigenvalue weighted by Gasteiger charge is 2.23. The first-order chi connectivity index (χ1) is 16.0. The number of amidine groups is 1. The van der Waals surface area contributed by atoms with Crippen molar-refractivity contribution in [1.82, 2.24) is 0 Å². The Morgan fingerprint density at radius 3 is 2.00 bits per heavy atom. The Labute approximate surface area is 198 Å². The topological polar surface area (TPSA) is 15.6 Å². The second-order valence-electron chi connectivity index (χ2n) is 8.78. The van der Waals surface area contributed by atoms with Crippen LogP contribution in [0.1, 0.15) is 42.0 Å². The fourth-order valence-electron chi connectivity index (χ4n) is 4.42. The summed E-state index contributed by atoms with van der Waals surface area (Å²) in [7, 11) is 1.89. The van der Waals surface area contributed by atoms with Gasteiger partial charge in [-0.05, 0) is 65.8 Å². The van der Waals surface area contributed by atoms with E-state index in [4.69, 9.17) is 4.99 Å². The molecule has 2 heteroatoms. The minimum Gasteiger partial charge on any atom is -0.294 e. The molecule has 0 aliphatic rings. The van der Waals surface area contributed by atoms with Crippen LogP contribution in [0.25, 0.3) is 11.1 Å². The summed E-state index contributed by atoms with van der Waals surface area (Å²) < 4.78 is 0. The van der Waals surface area contributed by atoms with Crippen LogP contribution in [0.4, 0.5) is 11.4 Å². The van der Waals surface area contributed by atoms with Gasteiger partial charge < -0.3 is 0 Å². The van der Waals surface area contributed by atoms with Crippen LogP contribution in [0, 0.1) is 13.8 Å². The van der Waals surface area contributed by atoms with E-state index in [1.165, 1.54) is 33.5 Å². The fraction of sp³-hybridized carbons (Fsp3) is 0.194. The van der Waals surface area contributed by atoms with Gasteiger partial charge in [0.15, 0.2) is 0 Å². The van der Waals surface area contributed by atoms with E-state index in [2.05, 4.69) is 130 Å². The molecule has 0 heterocycles. The monoisotopic (exact) mass is 432 g/mol. The molecule has 166 valence electrons. The third kappa shape index (κ3) is 4.61. The zero-order valence-electron chi connectivity index (χ0n) is 20.2. The number of hydrogen-bond donors (Lipinski definition) is 0. The zero-order valence-corrected chi connectivity index (χ0v) is 20.2. The summed E-state index contributed by atoms with van der Waals surface area (Å²) >= 11 is 0. The molecule has 4 aromatic carbocycles. The van der Waals surface area contributed by atoms with Gasteiger partial charge in [0.2, 0.25) is 0 Å². The number of hydrogen-bond acceptors (Lipinski definition) is 1. The number of anilines is 2. The Balaban J connectivity index is 1.94. The molecule has 4 aromatic rings. The predicted molar refractivity (Wildman–Crippen MR) is 143 cm³/mol. The third-order valence-electron chi connectivity index (χ3n) is 6.15. The van der Waals surface area contributed by atoms with Gasteiger partial charge in [0, 0.05) is 12.6 Å². The van der Waals surface area contributed by atoms with Crippen molar-refractivity contribution in [3.63, 3.8) is 0 Å². The number of para-hydroxylation sites is 1. The standard InChI is InChI=1S/C31H32N2/c1-22(2)27-16-11-12-18-30(27)33(31(32-5)28-17-10-9-13-23(28)3)29-20-19-26(21-24(29)4)25-14-7-6-8-15-25/h6-22H,1-5H3. The highest BCUT2D eigenvalue weighted by atomic mass is 15.2. The van der Waals surface area contributed by atoms with Gasteiger partial charge in [0.05, 0.1) is 11.4 Å². The van der Waals surface area contributed by atoms with Gasteiger partial charge in [-0.15, -0.1) is 0 Å². The summed E-state index contributed by atoms with van der Waals surface area (Å²) in [6.07, 6.45) is 0. The van der Waals surface area contributed by atoms with Gasteiger partial charge in [-0.1, -0.05) is 92.7 Å². The molecular weight excluding hydrogens is 400 g/mol. The lowest BCUT2D eigenvalue weighted by Gasteiger charge is -2.31. The molecular formula is C31H32N2. The minimum absolute atomic E-state index is 0.391. The Kier molecular flexibility index (Phi) is 6.74. The average molecular weight is 433 g/mol. The summed E-state index contributed by atoms with van der Waals surface area (Å²) in [6, 6.07) is 34.4. The van der Waals surface area contributed by atoms with E-state index in [0.717, 1.165) is 17.1 Å². The molecule has 0 saturated carbocycles. The first-order valence-corrected chi connectivity index (χ1v) is 11.6. The zero-order chi connectivity index (χ0) is 23.4. The number of rotatable bonds is 5. The lowest BCUT2D eigenvalue weighted by Crippen LogP contribution is -2.29.